The molecule has 1 unspecified atom stereocenters. The third-order valence-electron chi connectivity index (χ3n) is 6.51. The van der Waals surface area contributed by atoms with Crippen LogP contribution in [0.15, 0.2) is 36.9 Å². The van der Waals surface area contributed by atoms with E-state index in [1.54, 1.807) is 24.3 Å². The Balaban J connectivity index is 1.48. The average molecular weight is 456 g/mol. The summed E-state index contributed by atoms with van der Waals surface area (Å²) in [6.07, 6.45) is 1.87. The number of aliphatic hydroxyl groups is 2. The summed E-state index contributed by atoms with van der Waals surface area (Å²) in [5, 5.41) is 22.9. The monoisotopic (exact) mass is 456 g/mol. The second-order valence-corrected chi connectivity index (χ2v) is 8.55. The van der Waals surface area contributed by atoms with E-state index in [9.17, 15) is 19.8 Å². The number of hydrogen-bond donors (Lipinski definition) is 3. The first-order valence-corrected chi connectivity index (χ1v) is 10.9. The van der Waals surface area contributed by atoms with Crippen molar-refractivity contribution in [2.75, 3.05) is 14.2 Å². The van der Waals surface area contributed by atoms with Crippen molar-refractivity contribution < 1.29 is 34.0 Å². The van der Waals surface area contributed by atoms with Gasteiger partial charge in [0, 0.05) is 29.4 Å². The zero-order valence-electron chi connectivity index (χ0n) is 18.6. The van der Waals surface area contributed by atoms with Gasteiger partial charge in [-0.05, 0) is 37.8 Å². The van der Waals surface area contributed by atoms with Gasteiger partial charge in [0.15, 0.2) is 6.29 Å². The third-order valence-corrected chi connectivity index (χ3v) is 6.51. The molecule has 0 saturated heterocycles. The van der Waals surface area contributed by atoms with Crippen LogP contribution in [0, 0.1) is 11.8 Å². The number of benzene rings is 1. The van der Waals surface area contributed by atoms with Gasteiger partial charge in [-0.25, -0.2) is 9.78 Å². The highest BCUT2D eigenvalue weighted by atomic mass is 16.5. The number of carbonyl (C=O) groups is 2. The van der Waals surface area contributed by atoms with Crippen LogP contribution in [0.1, 0.15) is 37.7 Å². The number of hydrogen-bond acceptors (Lipinski definition) is 8. The normalized spacial score (nSPS) is 26.2. The Morgan fingerprint density at radius 1 is 1.27 bits per heavy atom. The Morgan fingerprint density at radius 3 is 2.70 bits per heavy atom. The number of fused-ring (bicyclic) bond motifs is 1. The van der Waals surface area contributed by atoms with E-state index in [0.29, 0.717) is 48.1 Å². The van der Waals surface area contributed by atoms with Crippen LogP contribution in [0.25, 0.3) is 10.9 Å². The van der Waals surface area contributed by atoms with E-state index >= 15 is 0 Å². The fraction of sp³-hybridized carbons (Fsp3) is 0.458. The number of nitrogens with one attached hydrogen (secondary N) is 1. The van der Waals surface area contributed by atoms with Crippen LogP contribution in [0.5, 0.6) is 11.5 Å². The molecule has 1 aromatic heterocycles. The SMILES string of the molecule is C=C[C@H]1C[C@]1(NC(=O)[C@H]1CCC(Oc2cc(C(O)O)nc3cc(OC)ccc23)C1)C(=O)OC. The molecule has 2 aromatic rings. The molecule has 1 amide bonds. The van der Waals surface area contributed by atoms with Crippen LogP contribution in [0.2, 0.25) is 0 Å². The van der Waals surface area contributed by atoms with E-state index in [4.69, 9.17) is 14.2 Å². The van der Waals surface area contributed by atoms with Crippen molar-refractivity contribution in [3.05, 3.63) is 42.6 Å². The Bertz CT molecular complexity index is 1090. The van der Waals surface area contributed by atoms with Gasteiger partial charge in [-0.15, -0.1) is 6.58 Å². The first-order valence-electron chi connectivity index (χ1n) is 10.9. The van der Waals surface area contributed by atoms with E-state index in [0.717, 1.165) is 0 Å². The van der Waals surface area contributed by atoms with Crippen LogP contribution in [-0.4, -0.2) is 52.9 Å². The van der Waals surface area contributed by atoms with E-state index in [2.05, 4.69) is 16.9 Å². The maximum absolute atomic E-state index is 12.9. The first kappa shape index (κ1) is 23.0. The number of methoxy groups -OCH3 is 2. The molecule has 0 aliphatic heterocycles. The molecule has 0 spiro atoms. The minimum atomic E-state index is -1.75. The summed E-state index contributed by atoms with van der Waals surface area (Å²) < 4.78 is 16.3. The second-order valence-electron chi connectivity index (χ2n) is 8.55. The van der Waals surface area contributed by atoms with Gasteiger partial charge in [0.05, 0.1) is 25.8 Å². The van der Waals surface area contributed by atoms with Gasteiger partial charge in [-0.2, -0.15) is 0 Å². The number of amides is 1. The van der Waals surface area contributed by atoms with E-state index < -0.39 is 17.8 Å². The molecule has 33 heavy (non-hydrogen) atoms. The molecule has 2 aliphatic rings. The molecule has 1 aromatic carbocycles. The van der Waals surface area contributed by atoms with Gasteiger partial charge >= 0.3 is 5.97 Å². The summed E-state index contributed by atoms with van der Waals surface area (Å²) >= 11 is 0. The number of rotatable bonds is 8. The number of aromatic nitrogens is 1. The topological polar surface area (TPSA) is 127 Å². The lowest BCUT2D eigenvalue weighted by Gasteiger charge is -2.20. The van der Waals surface area contributed by atoms with Crippen LogP contribution in [0.3, 0.4) is 0 Å². The van der Waals surface area contributed by atoms with Crippen molar-refractivity contribution in [3.63, 3.8) is 0 Å². The Hall–Kier alpha value is -3.17. The zero-order chi connectivity index (χ0) is 23.8. The summed E-state index contributed by atoms with van der Waals surface area (Å²) in [6.45, 7) is 3.73. The predicted molar refractivity (Wildman–Crippen MR) is 118 cm³/mol. The van der Waals surface area contributed by atoms with Gasteiger partial charge in [0.25, 0.3) is 0 Å². The van der Waals surface area contributed by atoms with Crippen LogP contribution < -0.4 is 14.8 Å². The summed E-state index contributed by atoms with van der Waals surface area (Å²) in [5.41, 5.74) is -0.451. The molecule has 0 bridgehead atoms. The van der Waals surface area contributed by atoms with Crippen molar-refractivity contribution in [3.8, 4) is 11.5 Å². The largest absolute Gasteiger partial charge is 0.497 e. The predicted octanol–water partition coefficient (Wildman–Crippen LogP) is 2.01. The highest BCUT2D eigenvalue weighted by molar-refractivity contribution is 5.92. The summed E-state index contributed by atoms with van der Waals surface area (Å²) in [4.78, 5) is 29.4. The quantitative estimate of drug-likeness (QED) is 0.313. The third kappa shape index (κ3) is 4.38. The molecule has 3 N–H and O–H groups in total. The lowest BCUT2D eigenvalue weighted by Crippen LogP contribution is -2.47. The maximum Gasteiger partial charge on any atom is 0.332 e. The lowest BCUT2D eigenvalue weighted by atomic mass is 10.1. The standard InChI is InChI=1S/C24H28N2O7/c1-4-14-12-24(14,23(30)32-3)26-21(27)13-5-6-16(9-13)33-20-11-19(22(28)29)25-18-10-15(31-2)7-8-17(18)20/h4,7-8,10-11,13-14,16,22,28-29H,1,5-6,9,12H2,2-3H3,(H,26,27)/t13-,14-,16?,24+/m0/s1. The molecule has 9 heteroatoms. The molecule has 2 fully saturated rings. The molecule has 1 heterocycles. The molecule has 4 atom stereocenters. The Kier molecular flexibility index (Phi) is 6.27. The van der Waals surface area contributed by atoms with Crippen LogP contribution in [0.4, 0.5) is 0 Å². The fourth-order valence-corrected chi connectivity index (χ4v) is 4.52. The van der Waals surface area contributed by atoms with Crippen molar-refractivity contribution in [1.82, 2.24) is 10.3 Å². The number of esters is 1. The lowest BCUT2D eigenvalue weighted by molar-refractivity contribution is -0.147. The highest BCUT2D eigenvalue weighted by Gasteiger charge is 2.61. The van der Waals surface area contributed by atoms with Crippen LogP contribution >= 0.6 is 0 Å². The summed E-state index contributed by atoms with van der Waals surface area (Å²) in [5.74, 6) is -0.0613. The van der Waals surface area contributed by atoms with Gasteiger partial charge in [0.2, 0.25) is 5.91 Å². The molecule has 4 rings (SSSR count). The van der Waals surface area contributed by atoms with Crippen molar-refractivity contribution in [1.29, 1.82) is 0 Å². The smallest absolute Gasteiger partial charge is 0.332 e. The minimum Gasteiger partial charge on any atom is -0.497 e. The van der Waals surface area contributed by atoms with E-state index in [1.807, 2.05) is 0 Å². The van der Waals surface area contributed by atoms with Crippen molar-refractivity contribution >= 4 is 22.8 Å². The zero-order valence-corrected chi connectivity index (χ0v) is 18.6. The highest BCUT2D eigenvalue weighted by Crippen LogP contribution is 2.46. The van der Waals surface area contributed by atoms with Crippen molar-refractivity contribution in [2.24, 2.45) is 11.8 Å². The van der Waals surface area contributed by atoms with Crippen molar-refractivity contribution in [2.45, 2.75) is 43.6 Å². The summed E-state index contributed by atoms with van der Waals surface area (Å²) in [6, 6.07) is 6.76. The number of aliphatic hydroxyl groups excluding tert-OH is 1. The number of ether oxygens (including phenoxy) is 3. The maximum atomic E-state index is 12.9. The van der Waals surface area contributed by atoms with Gasteiger partial charge in [-0.3, -0.25) is 4.79 Å². The summed E-state index contributed by atoms with van der Waals surface area (Å²) in [7, 11) is 2.84. The molecule has 2 saturated carbocycles. The van der Waals surface area contributed by atoms with E-state index in [1.165, 1.54) is 20.3 Å². The number of carbonyl (C=O) groups excluding carboxylic acids is 2. The molecule has 176 valence electrons. The molecule has 2 aliphatic carbocycles. The molecular weight excluding hydrogens is 428 g/mol. The Morgan fingerprint density at radius 2 is 2.06 bits per heavy atom. The first-order chi connectivity index (χ1) is 15.8. The van der Waals surface area contributed by atoms with Gasteiger partial charge in [-0.1, -0.05) is 6.08 Å². The minimum absolute atomic E-state index is 0.0577. The number of pyridine rings is 1. The van der Waals surface area contributed by atoms with Crippen LogP contribution in [-0.2, 0) is 14.3 Å². The van der Waals surface area contributed by atoms with Gasteiger partial charge in [0.1, 0.15) is 22.7 Å². The Labute approximate surface area is 191 Å². The van der Waals surface area contributed by atoms with Gasteiger partial charge < -0.3 is 29.7 Å². The average Bonchev–Trinajstić information content (AvgIpc) is 3.33. The second kappa shape index (κ2) is 8.99. The number of nitrogens with zero attached hydrogens (tertiary/aromatic N) is 1. The molecule has 0 radical (unpaired) electrons. The fourth-order valence-electron chi connectivity index (χ4n) is 4.52. The molecule has 9 nitrogen and oxygen atoms in total. The molecular formula is C24H28N2O7. The van der Waals surface area contributed by atoms with E-state index in [-0.39, 0.29) is 29.5 Å².